The number of dihydropyridines is 1. The molecule has 0 spiro atoms. The summed E-state index contributed by atoms with van der Waals surface area (Å²) in [5.41, 5.74) is 0.784. The second kappa shape index (κ2) is 3.37. The Balaban J connectivity index is 2.67. The maximum absolute atomic E-state index is 11.3. The Morgan fingerprint density at radius 2 is 2.36 bits per heavy atom. The second-order valence-electron chi connectivity index (χ2n) is 2.93. The van der Waals surface area contributed by atoms with Crippen LogP contribution in [-0.4, -0.2) is 12.3 Å². The van der Waals surface area contributed by atoms with E-state index in [1.807, 2.05) is 26.0 Å². The first kappa shape index (κ1) is 8.05. The zero-order chi connectivity index (χ0) is 8.27. The van der Waals surface area contributed by atoms with E-state index in [4.69, 9.17) is 0 Å². The van der Waals surface area contributed by atoms with Crippen molar-refractivity contribution in [2.24, 2.45) is 5.92 Å². The zero-order valence-electron chi connectivity index (χ0n) is 6.92. The summed E-state index contributed by atoms with van der Waals surface area (Å²) >= 11 is 0. The largest absolute Gasteiger partial charge is 0.387 e. The van der Waals surface area contributed by atoms with Crippen LogP contribution >= 0.6 is 0 Å². The van der Waals surface area contributed by atoms with E-state index in [0.717, 1.165) is 12.1 Å². The van der Waals surface area contributed by atoms with Crippen LogP contribution in [0.3, 0.4) is 0 Å². The van der Waals surface area contributed by atoms with E-state index in [-0.39, 0.29) is 11.7 Å². The van der Waals surface area contributed by atoms with Gasteiger partial charge in [-0.25, -0.2) is 0 Å². The van der Waals surface area contributed by atoms with Gasteiger partial charge in [-0.3, -0.25) is 4.79 Å². The van der Waals surface area contributed by atoms with Gasteiger partial charge < -0.3 is 5.32 Å². The molecule has 0 unspecified atom stereocenters. The van der Waals surface area contributed by atoms with Crippen LogP contribution < -0.4 is 5.32 Å². The molecule has 2 nitrogen and oxygen atoms in total. The summed E-state index contributed by atoms with van der Waals surface area (Å²) in [6, 6.07) is 0. The highest BCUT2D eigenvalue weighted by Crippen LogP contribution is 2.08. The summed E-state index contributed by atoms with van der Waals surface area (Å²) < 4.78 is 0. The van der Waals surface area contributed by atoms with E-state index in [0.29, 0.717) is 0 Å². The zero-order valence-corrected chi connectivity index (χ0v) is 6.92. The molecule has 0 saturated carbocycles. The molecule has 2 heteroatoms. The predicted octanol–water partition coefficient (Wildman–Crippen LogP) is 1.25. The molecule has 0 aromatic rings. The number of ketones is 1. The van der Waals surface area contributed by atoms with Gasteiger partial charge in [-0.2, -0.15) is 0 Å². The van der Waals surface area contributed by atoms with Gasteiger partial charge in [-0.05, 0) is 0 Å². The Hall–Kier alpha value is -1.05. The van der Waals surface area contributed by atoms with Gasteiger partial charge in [0.05, 0.1) is 0 Å². The number of rotatable bonds is 2. The lowest BCUT2D eigenvalue weighted by Gasteiger charge is -2.09. The Kier molecular flexibility index (Phi) is 2.47. The molecule has 1 N–H and O–H groups in total. The normalized spacial score (nSPS) is 16.1. The van der Waals surface area contributed by atoms with E-state index < -0.39 is 0 Å². The summed E-state index contributed by atoms with van der Waals surface area (Å²) in [5.74, 6) is 0.291. The van der Waals surface area contributed by atoms with Crippen LogP contribution in [0.1, 0.15) is 13.8 Å². The lowest BCUT2D eigenvalue weighted by Crippen LogP contribution is -2.16. The predicted molar refractivity (Wildman–Crippen MR) is 45.1 cm³/mol. The van der Waals surface area contributed by atoms with Crippen LogP contribution in [0.5, 0.6) is 0 Å². The topological polar surface area (TPSA) is 29.1 Å². The van der Waals surface area contributed by atoms with Gasteiger partial charge in [0.1, 0.15) is 0 Å². The quantitative estimate of drug-likeness (QED) is 0.643. The van der Waals surface area contributed by atoms with Crippen molar-refractivity contribution in [2.45, 2.75) is 13.8 Å². The SMILES string of the molecule is CC(C)C(=O)C1=CNCC=C1. The van der Waals surface area contributed by atoms with E-state index >= 15 is 0 Å². The van der Waals surface area contributed by atoms with Gasteiger partial charge in [-0.15, -0.1) is 0 Å². The first-order chi connectivity index (χ1) is 5.22. The second-order valence-corrected chi connectivity index (χ2v) is 2.93. The monoisotopic (exact) mass is 151 g/mol. The minimum atomic E-state index is 0.0887. The van der Waals surface area contributed by atoms with E-state index in [1.165, 1.54) is 0 Å². The van der Waals surface area contributed by atoms with E-state index in [2.05, 4.69) is 5.32 Å². The summed E-state index contributed by atoms with van der Waals surface area (Å²) in [5, 5.41) is 3.00. The van der Waals surface area contributed by atoms with Crippen molar-refractivity contribution >= 4 is 5.78 Å². The fourth-order valence-electron chi connectivity index (χ4n) is 0.958. The molecule has 0 aromatic carbocycles. The molecule has 0 atom stereocenters. The van der Waals surface area contributed by atoms with Crippen LogP contribution in [0.15, 0.2) is 23.9 Å². The van der Waals surface area contributed by atoms with Crippen molar-refractivity contribution in [3.05, 3.63) is 23.9 Å². The number of carbonyl (C=O) groups excluding carboxylic acids is 1. The van der Waals surface area contributed by atoms with Crippen LogP contribution in [0.25, 0.3) is 0 Å². The average Bonchev–Trinajstić information content (AvgIpc) is 2.05. The first-order valence-corrected chi connectivity index (χ1v) is 3.86. The summed E-state index contributed by atoms with van der Waals surface area (Å²) in [4.78, 5) is 11.3. The standard InChI is InChI=1S/C9H13NO/c1-7(2)9(11)8-4-3-5-10-6-8/h3-4,6-7,10H,5H2,1-2H3. The molecule has 0 fully saturated rings. The fourth-order valence-corrected chi connectivity index (χ4v) is 0.958. The smallest absolute Gasteiger partial charge is 0.166 e. The minimum absolute atomic E-state index is 0.0887. The highest BCUT2D eigenvalue weighted by molar-refractivity contribution is 5.99. The molecule has 0 radical (unpaired) electrons. The highest BCUT2D eigenvalue weighted by atomic mass is 16.1. The van der Waals surface area contributed by atoms with Crippen LogP contribution in [0.2, 0.25) is 0 Å². The molecule has 0 aromatic heterocycles. The first-order valence-electron chi connectivity index (χ1n) is 3.86. The Bertz CT molecular complexity index is 214. The van der Waals surface area contributed by atoms with Crippen LogP contribution in [-0.2, 0) is 4.79 Å². The number of hydrogen-bond acceptors (Lipinski definition) is 2. The van der Waals surface area contributed by atoms with Gasteiger partial charge in [0.2, 0.25) is 0 Å². The van der Waals surface area contributed by atoms with Crippen LogP contribution in [0, 0.1) is 5.92 Å². The van der Waals surface area contributed by atoms with Crippen molar-refractivity contribution in [3.63, 3.8) is 0 Å². The lowest BCUT2D eigenvalue weighted by molar-refractivity contribution is -0.117. The Morgan fingerprint density at radius 3 is 2.82 bits per heavy atom. The molecular formula is C9H13NO. The molecular weight excluding hydrogens is 138 g/mol. The van der Waals surface area contributed by atoms with Crippen LogP contribution in [0.4, 0.5) is 0 Å². The molecule has 1 rings (SSSR count). The third-order valence-corrected chi connectivity index (χ3v) is 1.60. The molecule has 60 valence electrons. The lowest BCUT2D eigenvalue weighted by atomic mass is 10.0. The molecule has 0 aliphatic carbocycles. The van der Waals surface area contributed by atoms with E-state index in [9.17, 15) is 4.79 Å². The van der Waals surface area contributed by atoms with Gasteiger partial charge in [0.25, 0.3) is 0 Å². The van der Waals surface area contributed by atoms with Crippen molar-refractivity contribution < 1.29 is 4.79 Å². The van der Waals surface area contributed by atoms with Gasteiger partial charge in [0.15, 0.2) is 5.78 Å². The number of Topliss-reactive ketones (excluding diaryl/α,β-unsaturated/α-hetero) is 1. The number of carbonyl (C=O) groups is 1. The summed E-state index contributed by atoms with van der Waals surface area (Å²) in [6.07, 6.45) is 5.61. The third kappa shape index (κ3) is 1.93. The molecule has 1 heterocycles. The molecule has 1 aliphatic rings. The van der Waals surface area contributed by atoms with Crippen molar-refractivity contribution in [3.8, 4) is 0 Å². The molecule has 0 saturated heterocycles. The Morgan fingerprint density at radius 1 is 1.64 bits per heavy atom. The molecule has 1 aliphatic heterocycles. The van der Waals surface area contributed by atoms with Gasteiger partial charge >= 0.3 is 0 Å². The minimum Gasteiger partial charge on any atom is -0.387 e. The number of hydrogen-bond donors (Lipinski definition) is 1. The fraction of sp³-hybridized carbons (Fsp3) is 0.444. The number of nitrogens with one attached hydrogen (secondary N) is 1. The molecule has 0 bridgehead atoms. The average molecular weight is 151 g/mol. The van der Waals surface area contributed by atoms with E-state index in [1.54, 1.807) is 6.20 Å². The maximum Gasteiger partial charge on any atom is 0.166 e. The molecule has 11 heavy (non-hydrogen) atoms. The summed E-state index contributed by atoms with van der Waals surface area (Å²) in [7, 11) is 0. The highest BCUT2D eigenvalue weighted by Gasteiger charge is 2.11. The summed E-state index contributed by atoms with van der Waals surface area (Å²) in [6.45, 7) is 4.64. The van der Waals surface area contributed by atoms with Gasteiger partial charge in [-0.1, -0.05) is 26.0 Å². The maximum atomic E-state index is 11.3. The Labute approximate surface area is 67.0 Å². The third-order valence-electron chi connectivity index (χ3n) is 1.60. The number of allylic oxidation sites excluding steroid dienone is 2. The van der Waals surface area contributed by atoms with Gasteiger partial charge in [0, 0.05) is 24.2 Å². The van der Waals surface area contributed by atoms with Crippen molar-refractivity contribution in [1.82, 2.24) is 5.32 Å². The van der Waals surface area contributed by atoms with Crippen molar-refractivity contribution in [1.29, 1.82) is 0 Å². The molecule has 0 amide bonds. The van der Waals surface area contributed by atoms with Crippen molar-refractivity contribution in [2.75, 3.05) is 6.54 Å².